The standard InChI is InChI=1S/C15H21NO3/c1-11(17)12-5-6-15(19-2)13(8-12)9-16-7-3-4-14(18)10-16/h5-6,8,14,18H,3-4,7,9-10H2,1-2H3. The molecule has 4 nitrogen and oxygen atoms in total. The Morgan fingerprint density at radius 2 is 2.32 bits per heavy atom. The van der Waals surface area contributed by atoms with E-state index in [0.717, 1.165) is 30.7 Å². The Bertz CT molecular complexity index is 459. The minimum Gasteiger partial charge on any atom is -0.496 e. The van der Waals surface area contributed by atoms with Crippen LogP contribution in [0, 0.1) is 0 Å². The van der Waals surface area contributed by atoms with Crippen molar-refractivity contribution in [1.82, 2.24) is 4.90 Å². The molecule has 104 valence electrons. The summed E-state index contributed by atoms with van der Waals surface area (Å²) in [6.07, 6.45) is 1.65. The van der Waals surface area contributed by atoms with Crippen LogP contribution in [0.3, 0.4) is 0 Å². The molecule has 1 unspecified atom stereocenters. The molecule has 0 bridgehead atoms. The van der Waals surface area contributed by atoms with Crippen molar-refractivity contribution in [3.05, 3.63) is 29.3 Å². The van der Waals surface area contributed by atoms with Gasteiger partial charge < -0.3 is 9.84 Å². The van der Waals surface area contributed by atoms with Crippen molar-refractivity contribution in [1.29, 1.82) is 0 Å². The number of ether oxygens (including phenoxy) is 1. The van der Waals surface area contributed by atoms with Gasteiger partial charge in [0.2, 0.25) is 0 Å². The van der Waals surface area contributed by atoms with Crippen LogP contribution >= 0.6 is 0 Å². The molecule has 0 spiro atoms. The summed E-state index contributed by atoms with van der Waals surface area (Å²) in [5, 5.41) is 9.70. The number of Topliss-reactive ketones (excluding diaryl/α,β-unsaturated/α-hetero) is 1. The van der Waals surface area contributed by atoms with Crippen molar-refractivity contribution in [2.24, 2.45) is 0 Å². The molecule has 4 heteroatoms. The molecule has 1 N–H and O–H groups in total. The summed E-state index contributed by atoms with van der Waals surface area (Å²) in [4.78, 5) is 13.7. The van der Waals surface area contributed by atoms with E-state index in [0.29, 0.717) is 18.7 Å². The number of carbonyl (C=O) groups is 1. The largest absolute Gasteiger partial charge is 0.496 e. The highest BCUT2D eigenvalue weighted by molar-refractivity contribution is 5.94. The lowest BCUT2D eigenvalue weighted by atomic mass is 10.0. The third-order valence-corrected chi connectivity index (χ3v) is 3.56. The maximum absolute atomic E-state index is 11.4. The Hall–Kier alpha value is -1.39. The Morgan fingerprint density at radius 3 is 2.95 bits per heavy atom. The van der Waals surface area contributed by atoms with Crippen LogP contribution in [-0.4, -0.2) is 42.1 Å². The van der Waals surface area contributed by atoms with Crippen molar-refractivity contribution in [2.45, 2.75) is 32.4 Å². The average molecular weight is 263 g/mol. The predicted octanol–water partition coefficient (Wildman–Crippen LogP) is 1.85. The van der Waals surface area contributed by atoms with Crippen LogP contribution in [0.5, 0.6) is 5.75 Å². The number of likely N-dealkylation sites (tertiary alicyclic amines) is 1. The van der Waals surface area contributed by atoms with Gasteiger partial charge in [-0.05, 0) is 44.5 Å². The SMILES string of the molecule is COc1ccc(C(C)=O)cc1CN1CCCC(O)C1. The van der Waals surface area contributed by atoms with Gasteiger partial charge in [-0.1, -0.05) is 0 Å². The van der Waals surface area contributed by atoms with Gasteiger partial charge in [0.1, 0.15) is 5.75 Å². The zero-order valence-electron chi connectivity index (χ0n) is 11.6. The van der Waals surface area contributed by atoms with Crippen LogP contribution in [0.25, 0.3) is 0 Å². The average Bonchev–Trinajstić information content (AvgIpc) is 2.38. The normalized spacial score (nSPS) is 20.3. The van der Waals surface area contributed by atoms with Gasteiger partial charge in [0, 0.05) is 24.2 Å². The van der Waals surface area contributed by atoms with Crippen molar-refractivity contribution >= 4 is 5.78 Å². The number of aliphatic hydroxyl groups is 1. The maximum Gasteiger partial charge on any atom is 0.159 e. The highest BCUT2D eigenvalue weighted by atomic mass is 16.5. The number of ketones is 1. The number of aliphatic hydroxyl groups excluding tert-OH is 1. The molecule has 1 aliphatic rings. The molecule has 0 radical (unpaired) electrons. The first-order valence-corrected chi connectivity index (χ1v) is 6.68. The van der Waals surface area contributed by atoms with Crippen LogP contribution in [0.2, 0.25) is 0 Å². The van der Waals surface area contributed by atoms with Crippen molar-refractivity contribution in [2.75, 3.05) is 20.2 Å². The molecule has 1 aromatic rings. The van der Waals surface area contributed by atoms with E-state index in [-0.39, 0.29) is 11.9 Å². The first-order valence-electron chi connectivity index (χ1n) is 6.68. The van der Waals surface area contributed by atoms with Gasteiger partial charge in [-0.3, -0.25) is 9.69 Å². The minimum absolute atomic E-state index is 0.0579. The topological polar surface area (TPSA) is 49.8 Å². The summed E-state index contributed by atoms with van der Waals surface area (Å²) >= 11 is 0. The van der Waals surface area contributed by atoms with Crippen LogP contribution in [0.1, 0.15) is 35.7 Å². The molecular weight excluding hydrogens is 242 g/mol. The molecular formula is C15H21NO3. The third-order valence-electron chi connectivity index (χ3n) is 3.56. The third kappa shape index (κ3) is 3.55. The van der Waals surface area contributed by atoms with Crippen LogP contribution in [-0.2, 0) is 6.54 Å². The van der Waals surface area contributed by atoms with Gasteiger partial charge in [-0.2, -0.15) is 0 Å². The summed E-state index contributed by atoms with van der Waals surface area (Å²) in [5.74, 6) is 0.854. The fourth-order valence-corrected chi connectivity index (χ4v) is 2.54. The van der Waals surface area contributed by atoms with E-state index in [9.17, 15) is 9.90 Å². The van der Waals surface area contributed by atoms with E-state index in [1.807, 2.05) is 12.1 Å². The molecule has 19 heavy (non-hydrogen) atoms. The number of β-amino-alcohol motifs (C(OH)–C–C–N with tert-alkyl or cyclic N) is 1. The summed E-state index contributed by atoms with van der Waals surface area (Å²) in [6.45, 7) is 3.94. The second-order valence-corrected chi connectivity index (χ2v) is 5.11. The summed E-state index contributed by atoms with van der Waals surface area (Å²) in [5.41, 5.74) is 1.71. The molecule has 1 fully saturated rings. The van der Waals surface area contributed by atoms with Crippen molar-refractivity contribution < 1.29 is 14.6 Å². The second-order valence-electron chi connectivity index (χ2n) is 5.11. The van der Waals surface area contributed by atoms with Crippen LogP contribution in [0.15, 0.2) is 18.2 Å². The van der Waals surface area contributed by atoms with E-state index in [2.05, 4.69) is 4.90 Å². The zero-order valence-corrected chi connectivity index (χ0v) is 11.6. The molecule has 1 aliphatic heterocycles. The smallest absolute Gasteiger partial charge is 0.159 e. The Kier molecular flexibility index (Phi) is 4.56. The first-order chi connectivity index (χ1) is 9.10. The number of methoxy groups -OCH3 is 1. The van der Waals surface area contributed by atoms with Gasteiger partial charge in [0.25, 0.3) is 0 Å². The number of nitrogens with zero attached hydrogens (tertiary/aromatic N) is 1. The Balaban J connectivity index is 2.17. The van der Waals surface area contributed by atoms with Gasteiger partial charge in [-0.25, -0.2) is 0 Å². The van der Waals surface area contributed by atoms with E-state index >= 15 is 0 Å². The lowest BCUT2D eigenvalue weighted by Gasteiger charge is -2.30. The fraction of sp³-hybridized carbons (Fsp3) is 0.533. The van der Waals surface area contributed by atoms with Crippen LogP contribution < -0.4 is 4.74 Å². The summed E-state index contributed by atoms with van der Waals surface area (Å²) in [7, 11) is 1.64. The number of rotatable bonds is 4. The quantitative estimate of drug-likeness (QED) is 0.842. The molecule has 0 aliphatic carbocycles. The number of hydrogen-bond acceptors (Lipinski definition) is 4. The lowest BCUT2D eigenvalue weighted by Crippen LogP contribution is -2.37. The Morgan fingerprint density at radius 1 is 1.53 bits per heavy atom. The molecule has 1 saturated heterocycles. The lowest BCUT2D eigenvalue weighted by molar-refractivity contribution is 0.0664. The molecule has 0 amide bonds. The van der Waals surface area contributed by atoms with Gasteiger partial charge in [0.05, 0.1) is 13.2 Å². The number of piperidine rings is 1. The fourth-order valence-electron chi connectivity index (χ4n) is 2.54. The summed E-state index contributed by atoms with van der Waals surface area (Å²) in [6, 6.07) is 5.52. The van der Waals surface area contributed by atoms with Crippen molar-refractivity contribution in [3.8, 4) is 5.75 Å². The molecule has 1 heterocycles. The van der Waals surface area contributed by atoms with E-state index in [1.165, 1.54) is 0 Å². The van der Waals surface area contributed by atoms with Gasteiger partial charge in [-0.15, -0.1) is 0 Å². The Labute approximate surface area is 114 Å². The van der Waals surface area contributed by atoms with E-state index in [4.69, 9.17) is 4.74 Å². The molecule has 0 saturated carbocycles. The molecule has 0 aromatic heterocycles. The number of carbonyl (C=O) groups excluding carboxylic acids is 1. The minimum atomic E-state index is -0.240. The molecule has 1 aromatic carbocycles. The van der Waals surface area contributed by atoms with E-state index < -0.39 is 0 Å². The van der Waals surface area contributed by atoms with Crippen molar-refractivity contribution in [3.63, 3.8) is 0 Å². The number of hydrogen-bond donors (Lipinski definition) is 1. The highest BCUT2D eigenvalue weighted by Crippen LogP contribution is 2.23. The predicted molar refractivity (Wildman–Crippen MR) is 73.5 cm³/mol. The first kappa shape index (κ1) is 14.0. The molecule has 1 atom stereocenters. The van der Waals surface area contributed by atoms with Gasteiger partial charge >= 0.3 is 0 Å². The van der Waals surface area contributed by atoms with E-state index in [1.54, 1.807) is 20.1 Å². The summed E-state index contributed by atoms with van der Waals surface area (Å²) < 4.78 is 5.35. The second kappa shape index (κ2) is 6.17. The maximum atomic E-state index is 11.4. The van der Waals surface area contributed by atoms with Gasteiger partial charge in [0.15, 0.2) is 5.78 Å². The highest BCUT2D eigenvalue weighted by Gasteiger charge is 2.19. The molecule has 2 rings (SSSR count). The van der Waals surface area contributed by atoms with Crippen LogP contribution in [0.4, 0.5) is 0 Å². The monoisotopic (exact) mass is 263 g/mol. The number of benzene rings is 1. The zero-order chi connectivity index (χ0) is 13.8.